The minimum absolute atomic E-state index is 0.000437. The SMILES string of the molecule is COc1cc2ncnc(Nc3ccc(F)c(Cl)c3)c2cc1O[C@H]1CC[C@H](NC(=O)C2CCOCC2)CC1. The number of carbonyl (C=O) groups is 1. The largest absolute Gasteiger partial charge is 0.493 e. The molecule has 2 aromatic carbocycles. The Balaban J connectivity index is 1.27. The summed E-state index contributed by atoms with van der Waals surface area (Å²) in [5, 5.41) is 7.17. The highest BCUT2D eigenvalue weighted by atomic mass is 35.5. The van der Waals surface area contributed by atoms with Crippen molar-refractivity contribution in [3.8, 4) is 11.5 Å². The highest BCUT2D eigenvalue weighted by molar-refractivity contribution is 6.31. The van der Waals surface area contributed by atoms with Gasteiger partial charge >= 0.3 is 0 Å². The minimum Gasteiger partial charge on any atom is -0.493 e. The van der Waals surface area contributed by atoms with Crippen LogP contribution in [0, 0.1) is 11.7 Å². The van der Waals surface area contributed by atoms with Crippen molar-refractivity contribution >= 4 is 39.9 Å². The van der Waals surface area contributed by atoms with Crippen LogP contribution < -0.4 is 20.1 Å². The van der Waals surface area contributed by atoms with Crippen molar-refractivity contribution in [2.75, 3.05) is 25.6 Å². The van der Waals surface area contributed by atoms with Crippen molar-refractivity contribution in [2.24, 2.45) is 5.92 Å². The number of nitrogens with zero attached hydrogens (tertiary/aromatic N) is 2. The number of ether oxygens (including phenoxy) is 3. The Labute approximate surface area is 219 Å². The summed E-state index contributed by atoms with van der Waals surface area (Å²) >= 11 is 5.94. The van der Waals surface area contributed by atoms with E-state index in [2.05, 4.69) is 20.6 Å². The molecule has 0 spiro atoms. The van der Waals surface area contributed by atoms with Gasteiger partial charge in [-0.25, -0.2) is 14.4 Å². The van der Waals surface area contributed by atoms with Crippen LogP contribution in [0.5, 0.6) is 11.5 Å². The lowest BCUT2D eigenvalue weighted by atomic mass is 9.91. The van der Waals surface area contributed by atoms with E-state index in [1.165, 1.54) is 18.5 Å². The van der Waals surface area contributed by atoms with Gasteiger partial charge in [-0.3, -0.25) is 4.79 Å². The number of methoxy groups -OCH3 is 1. The molecule has 1 saturated carbocycles. The summed E-state index contributed by atoms with van der Waals surface area (Å²) in [6, 6.07) is 8.24. The number of hydrogen-bond acceptors (Lipinski definition) is 7. The molecule has 1 aliphatic heterocycles. The summed E-state index contributed by atoms with van der Waals surface area (Å²) in [5.74, 6) is 1.43. The third-order valence-corrected chi connectivity index (χ3v) is 7.30. The number of aromatic nitrogens is 2. The topological polar surface area (TPSA) is 94.6 Å². The van der Waals surface area contributed by atoms with Crippen LogP contribution in [0.1, 0.15) is 38.5 Å². The first-order valence-corrected chi connectivity index (χ1v) is 13.0. The fourth-order valence-electron chi connectivity index (χ4n) is 4.91. The van der Waals surface area contributed by atoms with Crippen LogP contribution in [0.25, 0.3) is 10.9 Å². The summed E-state index contributed by atoms with van der Waals surface area (Å²) in [4.78, 5) is 21.3. The zero-order valence-corrected chi connectivity index (χ0v) is 21.4. The predicted octanol–water partition coefficient (Wildman–Crippen LogP) is 5.41. The van der Waals surface area contributed by atoms with E-state index in [1.54, 1.807) is 13.2 Å². The van der Waals surface area contributed by atoms with E-state index in [0.29, 0.717) is 41.7 Å². The van der Waals surface area contributed by atoms with Crippen LogP contribution in [-0.2, 0) is 9.53 Å². The van der Waals surface area contributed by atoms with E-state index in [-0.39, 0.29) is 29.0 Å². The number of nitrogens with one attached hydrogen (secondary N) is 2. The Kier molecular flexibility index (Phi) is 7.90. The first kappa shape index (κ1) is 25.5. The number of hydrogen-bond donors (Lipinski definition) is 2. The molecule has 37 heavy (non-hydrogen) atoms. The molecule has 5 rings (SSSR count). The first-order valence-electron chi connectivity index (χ1n) is 12.6. The first-order chi connectivity index (χ1) is 18.0. The molecule has 2 heterocycles. The third kappa shape index (κ3) is 6.05. The lowest BCUT2D eigenvalue weighted by Crippen LogP contribution is -2.43. The van der Waals surface area contributed by atoms with Gasteiger partial charge in [-0.1, -0.05) is 11.6 Å². The van der Waals surface area contributed by atoms with Crippen LogP contribution in [0.15, 0.2) is 36.7 Å². The number of fused-ring (bicyclic) bond motifs is 1. The third-order valence-electron chi connectivity index (χ3n) is 7.01. The second-order valence-corrected chi connectivity index (χ2v) is 9.89. The highest BCUT2D eigenvalue weighted by Gasteiger charge is 2.28. The fraction of sp³-hybridized carbons (Fsp3) is 0.444. The molecule has 1 aromatic heterocycles. The molecule has 1 amide bonds. The van der Waals surface area contributed by atoms with Crippen LogP contribution >= 0.6 is 11.6 Å². The summed E-state index contributed by atoms with van der Waals surface area (Å²) in [6.07, 6.45) is 6.40. The number of amides is 1. The maximum Gasteiger partial charge on any atom is 0.223 e. The Bertz CT molecular complexity index is 1260. The number of carbonyl (C=O) groups excluding carboxylic acids is 1. The quantitative estimate of drug-likeness (QED) is 0.423. The van der Waals surface area contributed by atoms with Gasteiger partial charge in [-0.2, -0.15) is 0 Å². The van der Waals surface area contributed by atoms with E-state index >= 15 is 0 Å². The lowest BCUT2D eigenvalue weighted by molar-refractivity contribution is -0.128. The molecular weight excluding hydrogens is 499 g/mol. The highest BCUT2D eigenvalue weighted by Crippen LogP contribution is 2.37. The van der Waals surface area contributed by atoms with Crippen molar-refractivity contribution < 1.29 is 23.4 Å². The van der Waals surface area contributed by atoms with Crippen LogP contribution in [0.2, 0.25) is 5.02 Å². The van der Waals surface area contributed by atoms with E-state index in [9.17, 15) is 9.18 Å². The second-order valence-electron chi connectivity index (χ2n) is 9.48. The van der Waals surface area contributed by atoms with Gasteiger partial charge in [0.25, 0.3) is 0 Å². The monoisotopic (exact) mass is 528 g/mol. The Morgan fingerprint density at radius 1 is 1.05 bits per heavy atom. The van der Waals surface area contributed by atoms with Crippen molar-refractivity contribution in [3.63, 3.8) is 0 Å². The van der Waals surface area contributed by atoms with Gasteiger partial charge in [0.15, 0.2) is 11.5 Å². The Morgan fingerprint density at radius 3 is 2.57 bits per heavy atom. The molecule has 0 bridgehead atoms. The molecule has 8 nitrogen and oxygen atoms in total. The van der Waals surface area contributed by atoms with Crippen molar-refractivity contribution in [3.05, 3.63) is 47.5 Å². The number of anilines is 2. The molecule has 1 saturated heterocycles. The van der Waals surface area contributed by atoms with Gasteiger partial charge in [-0.15, -0.1) is 0 Å². The Hall–Kier alpha value is -3.17. The van der Waals surface area contributed by atoms with Crippen molar-refractivity contribution in [1.29, 1.82) is 0 Å². The zero-order valence-electron chi connectivity index (χ0n) is 20.6. The summed E-state index contributed by atoms with van der Waals surface area (Å²) in [5.41, 5.74) is 1.28. The summed E-state index contributed by atoms with van der Waals surface area (Å²) < 4.78 is 30.9. The predicted molar refractivity (Wildman–Crippen MR) is 139 cm³/mol. The molecule has 2 N–H and O–H groups in total. The maximum atomic E-state index is 13.6. The smallest absolute Gasteiger partial charge is 0.223 e. The van der Waals surface area contributed by atoms with E-state index in [4.69, 9.17) is 25.8 Å². The summed E-state index contributed by atoms with van der Waals surface area (Å²) in [6.45, 7) is 1.32. The van der Waals surface area contributed by atoms with E-state index in [0.717, 1.165) is 43.9 Å². The molecular formula is C27H30ClFN4O4. The average molecular weight is 529 g/mol. The van der Waals surface area contributed by atoms with E-state index < -0.39 is 5.82 Å². The zero-order chi connectivity index (χ0) is 25.8. The molecule has 196 valence electrons. The number of benzene rings is 2. The average Bonchev–Trinajstić information content (AvgIpc) is 2.92. The molecule has 2 aliphatic rings. The van der Waals surface area contributed by atoms with Gasteiger partial charge in [-0.05, 0) is 62.8 Å². The summed E-state index contributed by atoms with van der Waals surface area (Å²) in [7, 11) is 1.59. The number of rotatable bonds is 7. The van der Waals surface area contributed by atoms with Gasteiger partial charge in [0.2, 0.25) is 5.91 Å². The van der Waals surface area contributed by atoms with Crippen molar-refractivity contribution in [2.45, 2.75) is 50.7 Å². The van der Waals surface area contributed by atoms with Crippen molar-refractivity contribution in [1.82, 2.24) is 15.3 Å². The van der Waals surface area contributed by atoms with Gasteiger partial charge in [0.05, 0.1) is 23.8 Å². The minimum atomic E-state index is -0.488. The normalized spacial score (nSPS) is 20.4. The second kappa shape index (κ2) is 11.5. The molecule has 1 aliphatic carbocycles. The molecule has 0 atom stereocenters. The van der Waals surface area contributed by atoms with Crippen LogP contribution in [-0.4, -0.2) is 48.3 Å². The van der Waals surface area contributed by atoms with E-state index in [1.807, 2.05) is 12.1 Å². The molecule has 2 fully saturated rings. The van der Waals surface area contributed by atoms with Gasteiger partial charge < -0.3 is 24.8 Å². The van der Waals surface area contributed by atoms with Gasteiger partial charge in [0, 0.05) is 42.3 Å². The molecule has 3 aromatic rings. The fourth-order valence-corrected chi connectivity index (χ4v) is 5.09. The number of halogens is 2. The molecule has 0 radical (unpaired) electrons. The molecule has 0 unspecified atom stereocenters. The van der Waals surface area contributed by atoms with Gasteiger partial charge in [0.1, 0.15) is 18.0 Å². The van der Waals surface area contributed by atoms with Crippen LogP contribution in [0.3, 0.4) is 0 Å². The standard InChI is InChI=1S/C27H30ClFN4O4/c1-35-24-14-23-20(26(31-15-30-23)32-18-4-7-22(29)21(28)12-18)13-25(24)37-19-5-2-17(3-6-19)33-27(34)16-8-10-36-11-9-16/h4,7,12-17,19H,2-3,5-6,8-11H2,1H3,(H,33,34)(H,30,31,32)/t17-,19-. The van der Waals surface area contributed by atoms with Crippen LogP contribution in [0.4, 0.5) is 15.9 Å². The Morgan fingerprint density at radius 2 is 1.84 bits per heavy atom. The lowest BCUT2D eigenvalue weighted by Gasteiger charge is -2.31. The molecule has 10 heteroatoms. The maximum absolute atomic E-state index is 13.6.